The van der Waals surface area contributed by atoms with E-state index < -0.39 is 6.10 Å². The highest BCUT2D eigenvalue weighted by Crippen LogP contribution is 2.13. The van der Waals surface area contributed by atoms with Gasteiger partial charge in [-0.25, -0.2) is 0 Å². The van der Waals surface area contributed by atoms with Crippen LogP contribution in [0.3, 0.4) is 0 Å². The maximum atomic E-state index is 12.8. The van der Waals surface area contributed by atoms with E-state index in [1.807, 2.05) is 12.2 Å². The van der Waals surface area contributed by atoms with Crippen molar-refractivity contribution >= 4 is 17.9 Å². The molecule has 0 aromatic carbocycles. The van der Waals surface area contributed by atoms with Gasteiger partial charge in [-0.15, -0.1) is 0 Å². The highest BCUT2D eigenvalue weighted by Gasteiger charge is 2.19. The monoisotopic (exact) mass is 981 g/mol. The van der Waals surface area contributed by atoms with Crippen molar-refractivity contribution in [3.05, 3.63) is 134 Å². The number of esters is 3. The Kier molecular flexibility index (Phi) is 54.5. The highest BCUT2D eigenvalue weighted by molar-refractivity contribution is 5.71. The van der Waals surface area contributed by atoms with Crippen molar-refractivity contribution in [1.82, 2.24) is 0 Å². The van der Waals surface area contributed by atoms with Crippen LogP contribution >= 0.6 is 0 Å². The van der Waals surface area contributed by atoms with E-state index in [9.17, 15) is 14.4 Å². The largest absolute Gasteiger partial charge is 0.462 e. The fraction of sp³-hybridized carbons (Fsp3) is 0.615. The van der Waals surface area contributed by atoms with Gasteiger partial charge in [-0.3, -0.25) is 14.4 Å². The van der Waals surface area contributed by atoms with Gasteiger partial charge in [0.05, 0.1) is 0 Å². The lowest BCUT2D eigenvalue weighted by molar-refractivity contribution is -0.166. The molecule has 0 aromatic rings. The Morgan fingerprint density at radius 2 is 0.577 bits per heavy atom. The third kappa shape index (κ3) is 56.3. The molecule has 0 radical (unpaired) electrons. The molecular formula is C65H104O6. The van der Waals surface area contributed by atoms with Gasteiger partial charge >= 0.3 is 17.9 Å². The third-order valence-electron chi connectivity index (χ3n) is 11.6. The van der Waals surface area contributed by atoms with E-state index in [2.05, 4.69) is 142 Å². The summed E-state index contributed by atoms with van der Waals surface area (Å²) in [4.78, 5) is 38.1. The van der Waals surface area contributed by atoms with E-state index in [1.54, 1.807) is 0 Å². The molecule has 0 heterocycles. The average molecular weight is 982 g/mol. The van der Waals surface area contributed by atoms with Gasteiger partial charge in [-0.1, -0.05) is 231 Å². The number of ether oxygens (including phenoxy) is 3. The molecule has 0 fully saturated rings. The summed E-state index contributed by atoms with van der Waals surface area (Å²) in [6.07, 6.45) is 81.7. The summed E-state index contributed by atoms with van der Waals surface area (Å²) in [5, 5.41) is 0. The van der Waals surface area contributed by atoms with E-state index in [4.69, 9.17) is 14.2 Å². The van der Waals surface area contributed by atoms with Crippen LogP contribution in [-0.4, -0.2) is 37.2 Å². The fourth-order valence-electron chi connectivity index (χ4n) is 7.39. The third-order valence-corrected chi connectivity index (χ3v) is 11.6. The van der Waals surface area contributed by atoms with E-state index in [0.29, 0.717) is 12.8 Å². The Morgan fingerprint density at radius 1 is 0.296 bits per heavy atom. The van der Waals surface area contributed by atoms with Gasteiger partial charge in [0.15, 0.2) is 6.10 Å². The molecule has 400 valence electrons. The molecule has 0 aromatic heterocycles. The van der Waals surface area contributed by atoms with Crippen molar-refractivity contribution in [2.24, 2.45) is 0 Å². The van der Waals surface area contributed by atoms with E-state index in [-0.39, 0.29) is 44.0 Å². The van der Waals surface area contributed by atoms with Crippen LogP contribution in [0.25, 0.3) is 0 Å². The Morgan fingerprint density at radius 3 is 0.944 bits per heavy atom. The van der Waals surface area contributed by atoms with Gasteiger partial charge in [0.25, 0.3) is 0 Å². The molecular weight excluding hydrogens is 877 g/mol. The van der Waals surface area contributed by atoms with Gasteiger partial charge in [0.1, 0.15) is 13.2 Å². The molecule has 1 atom stereocenters. The molecule has 6 nitrogen and oxygen atoms in total. The quantitative estimate of drug-likeness (QED) is 0.0262. The first-order valence-corrected chi connectivity index (χ1v) is 28.7. The number of rotatable bonds is 50. The van der Waals surface area contributed by atoms with Crippen LogP contribution in [0.4, 0.5) is 0 Å². The maximum absolute atomic E-state index is 12.8. The molecule has 0 aliphatic carbocycles. The maximum Gasteiger partial charge on any atom is 0.306 e. The second kappa shape index (κ2) is 58.1. The second-order valence-electron chi connectivity index (χ2n) is 18.4. The Hall–Kier alpha value is -4.45. The summed E-state index contributed by atoms with van der Waals surface area (Å²) in [7, 11) is 0. The molecule has 71 heavy (non-hydrogen) atoms. The van der Waals surface area contributed by atoms with Crippen molar-refractivity contribution in [3.63, 3.8) is 0 Å². The lowest BCUT2D eigenvalue weighted by Gasteiger charge is -2.18. The highest BCUT2D eigenvalue weighted by atomic mass is 16.6. The fourth-order valence-corrected chi connectivity index (χ4v) is 7.39. The summed E-state index contributed by atoms with van der Waals surface area (Å²) < 4.78 is 16.8. The molecule has 0 aliphatic heterocycles. The van der Waals surface area contributed by atoms with E-state index in [0.717, 1.165) is 122 Å². The van der Waals surface area contributed by atoms with Crippen molar-refractivity contribution in [3.8, 4) is 0 Å². The zero-order valence-electron chi connectivity index (χ0n) is 45.7. The van der Waals surface area contributed by atoms with Gasteiger partial charge < -0.3 is 14.2 Å². The van der Waals surface area contributed by atoms with E-state index in [1.165, 1.54) is 70.6 Å². The zero-order chi connectivity index (χ0) is 51.4. The lowest BCUT2D eigenvalue weighted by Crippen LogP contribution is -2.30. The summed E-state index contributed by atoms with van der Waals surface area (Å²) in [5.74, 6) is -1.04. The molecule has 0 saturated heterocycles. The number of carbonyl (C=O) groups is 3. The molecule has 6 heteroatoms. The molecule has 1 unspecified atom stereocenters. The second-order valence-corrected chi connectivity index (χ2v) is 18.4. The Bertz CT molecular complexity index is 1550. The van der Waals surface area contributed by atoms with Crippen LogP contribution in [0.5, 0.6) is 0 Å². The standard InChI is InChI=1S/C65H104O6/c1-4-7-10-13-16-19-22-25-27-29-30-31-32-33-34-36-37-40-43-46-49-52-55-58-64(67)70-61-62(60-69-63(66)57-54-51-48-45-42-39-24-21-18-15-12-9-6-3)71-65(68)59-56-53-50-47-44-41-38-35-28-26-23-20-17-14-11-8-5-2/h8-9,11-12,17-18,20-22,25-26,28-30,32-33,38-39,41-42,48,51,62H,4-7,10,13-16,19,23-24,27,31,34-37,40,43-47,49-50,52-61H2,1-3H3/b11-8-,12-9-,20-17-,21-18-,25-22-,28-26-,30-29-,33-32-,41-38-,42-39-,51-48-. The Labute approximate surface area is 436 Å². The minimum absolute atomic E-state index is 0.119. The predicted octanol–water partition coefficient (Wildman–Crippen LogP) is 19.4. The number of unbranched alkanes of at least 4 members (excludes halogenated alkanes) is 17. The predicted molar refractivity (Wildman–Crippen MR) is 306 cm³/mol. The molecule has 0 bridgehead atoms. The van der Waals surface area contributed by atoms with Crippen molar-refractivity contribution in [2.75, 3.05) is 13.2 Å². The normalized spacial score (nSPS) is 13.1. The number of hydrogen-bond acceptors (Lipinski definition) is 6. The summed E-state index contributed by atoms with van der Waals surface area (Å²) >= 11 is 0. The van der Waals surface area contributed by atoms with Crippen LogP contribution in [-0.2, 0) is 28.6 Å². The van der Waals surface area contributed by atoms with Gasteiger partial charge in [0, 0.05) is 19.3 Å². The zero-order valence-corrected chi connectivity index (χ0v) is 45.7. The molecule has 0 aliphatic rings. The first-order valence-electron chi connectivity index (χ1n) is 28.7. The van der Waals surface area contributed by atoms with Gasteiger partial charge in [0.2, 0.25) is 0 Å². The molecule has 0 spiro atoms. The molecule has 0 saturated carbocycles. The average Bonchev–Trinajstić information content (AvgIpc) is 3.37. The molecule has 0 amide bonds. The van der Waals surface area contributed by atoms with Crippen molar-refractivity contribution in [2.45, 2.75) is 245 Å². The first-order chi connectivity index (χ1) is 35.0. The van der Waals surface area contributed by atoms with E-state index >= 15 is 0 Å². The minimum Gasteiger partial charge on any atom is -0.462 e. The lowest BCUT2D eigenvalue weighted by atomic mass is 10.1. The number of allylic oxidation sites excluding steroid dienone is 22. The van der Waals surface area contributed by atoms with Crippen molar-refractivity contribution < 1.29 is 28.6 Å². The van der Waals surface area contributed by atoms with Gasteiger partial charge in [-0.05, 0) is 122 Å². The molecule has 0 N–H and O–H groups in total. The van der Waals surface area contributed by atoms with Crippen LogP contribution < -0.4 is 0 Å². The van der Waals surface area contributed by atoms with Crippen LogP contribution in [0.15, 0.2) is 134 Å². The Balaban J connectivity index is 4.47. The smallest absolute Gasteiger partial charge is 0.306 e. The molecule has 0 rings (SSSR count). The van der Waals surface area contributed by atoms with Gasteiger partial charge in [-0.2, -0.15) is 0 Å². The van der Waals surface area contributed by atoms with Crippen molar-refractivity contribution in [1.29, 1.82) is 0 Å². The summed E-state index contributed by atoms with van der Waals surface area (Å²) in [6, 6.07) is 0. The van der Waals surface area contributed by atoms with Crippen LogP contribution in [0.1, 0.15) is 239 Å². The van der Waals surface area contributed by atoms with Crippen LogP contribution in [0.2, 0.25) is 0 Å². The number of hydrogen-bond donors (Lipinski definition) is 0. The SMILES string of the molecule is CC/C=C\C/C=C\C/C=C\C/C=C\CCCCCCC(=O)OC(COC(=O)CC/C=C\C/C=C\C/C=C\C/C=C\CC)COC(=O)CCCCCCCCCC/C=C\C/C=C\C/C=C\CCCCCCC. The summed E-state index contributed by atoms with van der Waals surface area (Å²) in [5.41, 5.74) is 0. The number of carbonyl (C=O) groups excluding carboxylic acids is 3. The first kappa shape index (κ1) is 66.6. The topological polar surface area (TPSA) is 78.9 Å². The summed E-state index contributed by atoms with van der Waals surface area (Å²) in [6.45, 7) is 6.30. The van der Waals surface area contributed by atoms with Crippen LogP contribution in [0, 0.1) is 0 Å². The minimum atomic E-state index is -0.828.